The third-order valence-corrected chi connectivity index (χ3v) is 4.13. The maximum atomic E-state index is 12.4. The van der Waals surface area contributed by atoms with Gasteiger partial charge in [-0.1, -0.05) is 24.5 Å². The molecule has 0 aliphatic heterocycles. The van der Waals surface area contributed by atoms with Crippen LogP contribution in [0, 0.1) is 12.3 Å². The van der Waals surface area contributed by atoms with Gasteiger partial charge in [0, 0.05) is 35.3 Å². The molecule has 0 fully saturated rings. The van der Waals surface area contributed by atoms with Crippen LogP contribution in [0.2, 0.25) is 0 Å². The summed E-state index contributed by atoms with van der Waals surface area (Å²) in [6.45, 7) is 0. The Bertz CT molecular complexity index is 918. The number of rotatable bonds is 9. The molecular weight excluding hydrogens is 370 g/mol. The minimum Gasteiger partial charge on any atom is -0.326 e. The Hall–Kier alpha value is -3.63. The van der Waals surface area contributed by atoms with Crippen molar-refractivity contribution in [3.63, 3.8) is 0 Å². The molecular formula is C22H23N3O4. The molecule has 0 aliphatic rings. The number of anilines is 2. The van der Waals surface area contributed by atoms with Crippen molar-refractivity contribution in [1.29, 1.82) is 0 Å². The molecule has 0 saturated heterocycles. The van der Waals surface area contributed by atoms with Crippen LogP contribution in [0.25, 0.3) is 0 Å². The van der Waals surface area contributed by atoms with E-state index in [-0.39, 0.29) is 18.2 Å². The van der Waals surface area contributed by atoms with Crippen LogP contribution in [0.15, 0.2) is 48.5 Å². The molecule has 7 nitrogen and oxygen atoms in total. The van der Waals surface area contributed by atoms with Gasteiger partial charge in [0.05, 0.1) is 0 Å². The molecule has 0 aliphatic carbocycles. The van der Waals surface area contributed by atoms with E-state index in [4.69, 9.17) is 11.6 Å². The number of amides is 3. The van der Waals surface area contributed by atoms with Gasteiger partial charge in [0.25, 0.3) is 5.91 Å². The third-order valence-electron chi connectivity index (χ3n) is 4.13. The SMILES string of the molecule is C#Cc1cccc(NC(=O)c2cccc(NC(=O)CCCCCC(=O)NO)c2)c1. The number of hydroxylamine groups is 1. The first-order valence-corrected chi connectivity index (χ1v) is 9.22. The summed E-state index contributed by atoms with van der Waals surface area (Å²) < 4.78 is 0. The Morgan fingerprint density at radius 3 is 2.21 bits per heavy atom. The maximum absolute atomic E-state index is 12.4. The van der Waals surface area contributed by atoms with Crippen LogP contribution in [0.1, 0.15) is 48.0 Å². The fraction of sp³-hybridized carbons (Fsp3) is 0.227. The van der Waals surface area contributed by atoms with Gasteiger partial charge in [0.15, 0.2) is 0 Å². The van der Waals surface area contributed by atoms with Gasteiger partial charge in [-0.25, -0.2) is 5.48 Å². The highest BCUT2D eigenvalue weighted by molar-refractivity contribution is 6.05. The Labute approximate surface area is 169 Å². The second kappa shape index (κ2) is 11.3. The molecule has 2 aromatic carbocycles. The molecule has 0 radical (unpaired) electrons. The minimum atomic E-state index is -0.435. The van der Waals surface area contributed by atoms with E-state index < -0.39 is 5.91 Å². The van der Waals surface area contributed by atoms with Crippen LogP contribution in [-0.2, 0) is 9.59 Å². The minimum absolute atomic E-state index is 0.170. The smallest absolute Gasteiger partial charge is 0.255 e. The number of nitrogens with one attached hydrogen (secondary N) is 3. The summed E-state index contributed by atoms with van der Waals surface area (Å²) in [4.78, 5) is 35.4. The van der Waals surface area contributed by atoms with E-state index in [0.717, 1.165) is 0 Å². The quantitative estimate of drug-likeness (QED) is 0.227. The van der Waals surface area contributed by atoms with Crippen molar-refractivity contribution in [2.24, 2.45) is 0 Å². The van der Waals surface area contributed by atoms with Gasteiger partial charge in [-0.3, -0.25) is 19.6 Å². The average molecular weight is 393 g/mol. The molecule has 0 saturated carbocycles. The van der Waals surface area contributed by atoms with E-state index in [9.17, 15) is 14.4 Å². The standard InChI is InChI=1S/C22H23N3O4/c1-2-16-8-6-10-18(14-16)24-22(28)17-9-7-11-19(15-17)23-20(26)12-4-3-5-13-21(27)25-29/h1,6-11,14-15,29H,3-5,12-13H2,(H,23,26)(H,24,28)(H,25,27). The summed E-state index contributed by atoms with van der Waals surface area (Å²) in [7, 11) is 0. The van der Waals surface area contributed by atoms with Crippen molar-refractivity contribution in [3.05, 3.63) is 59.7 Å². The first kappa shape index (κ1) is 21.7. The van der Waals surface area contributed by atoms with Crippen LogP contribution < -0.4 is 16.1 Å². The lowest BCUT2D eigenvalue weighted by atomic mass is 10.1. The fourth-order valence-corrected chi connectivity index (χ4v) is 2.66. The molecule has 0 atom stereocenters. The normalized spacial score (nSPS) is 9.93. The molecule has 29 heavy (non-hydrogen) atoms. The first-order chi connectivity index (χ1) is 14.0. The van der Waals surface area contributed by atoms with E-state index in [1.807, 2.05) is 0 Å². The summed E-state index contributed by atoms with van der Waals surface area (Å²) in [6, 6.07) is 13.6. The molecule has 0 heterocycles. The Morgan fingerprint density at radius 1 is 0.862 bits per heavy atom. The monoisotopic (exact) mass is 393 g/mol. The Kier molecular flexibility index (Phi) is 8.42. The zero-order valence-corrected chi connectivity index (χ0v) is 15.9. The van der Waals surface area contributed by atoms with Crippen LogP contribution >= 0.6 is 0 Å². The van der Waals surface area contributed by atoms with Crippen molar-refractivity contribution < 1.29 is 19.6 Å². The molecule has 3 amide bonds. The molecule has 150 valence electrons. The van der Waals surface area contributed by atoms with E-state index in [2.05, 4.69) is 16.6 Å². The molecule has 0 spiro atoms. The third kappa shape index (κ3) is 7.48. The summed E-state index contributed by atoms with van der Waals surface area (Å²) in [6.07, 6.45) is 7.80. The second-order valence-corrected chi connectivity index (χ2v) is 6.40. The Balaban J connectivity index is 1.85. The molecule has 0 aromatic heterocycles. The topological polar surface area (TPSA) is 108 Å². The zero-order valence-electron chi connectivity index (χ0n) is 15.9. The lowest BCUT2D eigenvalue weighted by Crippen LogP contribution is -2.17. The van der Waals surface area contributed by atoms with Gasteiger partial charge in [0.1, 0.15) is 0 Å². The van der Waals surface area contributed by atoms with Crippen molar-refractivity contribution >= 4 is 29.1 Å². The van der Waals surface area contributed by atoms with Gasteiger partial charge < -0.3 is 10.6 Å². The predicted molar refractivity (Wildman–Crippen MR) is 110 cm³/mol. The number of hydrogen-bond acceptors (Lipinski definition) is 4. The second-order valence-electron chi connectivity index (χ2n) is 6.40. The van der Waals surface area contributed by atoms with Crippen LogP contribution in [0.4, 0.5) is 11.4 Å². The number of carbonyl (C=O) groups excluding carboxylic acids is 3. The number of hydrogen-bond donors (Lipinski definition) is 4. The molecule has 7 heteroatoms. The van der Waals surface area contributed by atoms with E-state index in [1.165, 1.54) is 0 Å². The number of benzene rings is 2. The lowest BCUT2D eigenvalue weighted by molar-refractivity contribution is -0.129. The first-order valence-electron chi connectivity index (χ1n) is 9.22. The number of unbranched alkanes of at least 4 members (excludes halogenated alkanes) is 2. The van der Waals surface area contributed by atoms with E-state index in [0.29, 0.717) is 48.2 Å². The maximum Gasteiger partial charge on any atom is 0.255 e. The average Bonchev–Trinajstić information content (AvgIpc) is 2.73. The lowest BCUT2D eigenvalue weighted by Gasteiger charge is -2.09. The molecule has 0 unspecified atom stereocenters. The van der Waals surface area contributed by atoms with Gasteiger partial charge in [-0.05, 0) is 49.2 Å². The molecule has 4 N–H and O–H groups in total. The van der Waals surface area contributed by atoms with Crippen molar-refractivity contribution in [3.8, 4) is 12.3 Å². The van der Waals surface area contributed by atoms with Crippen molar-refractivity contribution in [2.45, 2.75) is 32.1 Å². The van der Waals surface area contributed by atoms with Gasteiger partial charge in [0.2, 0.25) is 11.8 Å². The zero-order chi connectivity index (χ0) is 21.1. The summed E-state index contributed by atoms with van der Waals surface area (Å²) in [5.74, 6) is 1.60. The largest absolute Gasteiger partial charge is 0.326 e. The van der Waals surface area contributed by atoms with Crippen molar-refractivity contribution in [2.75, 3.05) is 10.6 Å². The summed E-state index contributed by atoms with van der Waals surface area (Å²) in [5.41, 5.74) is 3.77. The van der Waals surface area contributed by atoms with Crippen LogP contribution in [-0.4, -0.2) is 22.9 Å². The fourth-order valence-electron chi connectivity index (χ4n) is 2.66. The highest BCUT2D eigenvalue weighted by Crippen LogP contribution is 2.15. The highest BCUT2D eigenvalue weighted by Gasteiger charge is 2.09. The van der Waals surface area contributed by atoms with Crippen LogP contribution in [0.3, 0.4) is 0 Å². The summed E-state index contributed by atoms with van der Waals surface area (Å²) in [5, 5.41) is 14.0. The van der Waals surface area contributed by atoms with E-state index >= 15 is 0 Å². The molecule has 2 rings (SSSR count). The van der Waals surface area contributed by atoms with Gasteiger partial charge in [-0.2, -0.15) is 0 Å². The predicted octanol–water partition coefficient (Wildman–Crippen LogP) is 3.31. The van der Waals surface area contributed by atoms with E-state index in [1.54, 1.807) is 54.0 Å². The number of carbonyl (C=O) groups is 3. The van der Waals surface area contributed by atoms with Gasteiger partial charge in [-0.15, -0.1) is 6.42 Å². The van der Waals surface area contributed by atoms with Crippen LogP contribution in [0.5, 0.6) is 0 Å². The summed E-state index contributed by atoms with van der Waals surface area (Å²) >= 11 is 0. The Morgan fingerprint density at radius 2 is 1.52 bits per heavy atom. The van der Waals surface area contributed by atoms with Crippen molar-refractivity contribution in [1.82, 2.24) is 5.48 Å². The van der Waals surface area contributed by atoms with Gasteiger partial charge >= 0.3 is 0 Å². The highest BCUT2D eigenvalue weighted by atomic mass is 16.5. The number of terminal acetylenes is 1. The molecule has 2 aromatic rings. The molecule has 0 bridgehead atoms.